The highest BCUT2D eigenvalue weighted by Crippen LogP contribution is 2.46. The van der Waals surface area contributed by atoms with Crippen LogP contribution in [0.1, 0.15) is 53.6 Å². The van der Waals surface area contributed by atoms with Crippen molar-refractivity contribution in [3.63, 3.8) is 0 Å². The quantitative estimate of drug-likeness (QED) is 0.0375. The van der Waals surface area contributed by atoms with Crippen molar-refractivity contribution in [1.82, 2.24) is 10.2 Å². The van der Waals surface area contributed by atoms with E-state index in [1.54, 1.807) is 25.3 Å². The number of thioether (sulfide) groups is 1. The van der Waals surface area contributed by atoms with Gasteiger partial charge in [-0.05, 0) is 65.9 Å². The molecule has 1 amide bonds. The van der Waals surface area contributed by atoms with Crippen LogP contribution in [-0.2, 0) is 15.3 Å². The van der Waals surface area contributed by atoms with Crippen molar-refractivity contribution in [3.8, 4) is 11.5 Å². The van der Waals surface area contributed by atoms with E-state index in [0.29, 0.717) is 39.3 Å². The lowest BCUT2D eigenvalue weighted by Gasteiger charge is -2.23. The Bertz CT molecular complexity index is 2000. The minimum atomic E-state index is -0.975. The summed E-state index contributed by atoms with van der Waals surface area (Å²) in [6.07, 6.45) is 1.87. The molecule has 0 radical (unpaired) electrons. The number of hydrogen-bond acceptors (Lipinski definition) is 9. The van der Waals surface area contributed by atoms with Gasteiger partial charge in [0, 0.05) is 11.3 Å². The van der Waals surface area contributed by atoms with Crippen molar-refractivity contribution < 1.29 is 24.2 Å². The second kappa shape index (κ2) is 14.0. The summed E-state index contributed by atoms with van der Waals surface area (Å²) in [5, 5.41) is 23.1. The number of fused-ring (bicyclic) bond motifs is 1. The van der Waals surface area contributed by atoms with E-state index in [4.69, 9.17) is 9.47 Å². The first-order valence-corrected chi connectivity index (χ1v) is 17.2. The van der Waals surface area contributed by atoms with Crippen LogP contribution in [-0.4, -0.2) is 40.7 Å². The summed E-state index contributed by atoms with van der Waals surface area (Å²) in [4.78, 5) is 29.0. The third kappa shape index (κ3) is 6.48. The Balaban J connectivity index is 1.40. The minimum absolute atomic E-state index is 0.0226. The largest absolute Gasteiger partial charge is 0.507 e. The Labute approximate surface area is 282 Å². The summed E-state index contributed by atoms with van der Waals surface area (Å²) in [5.41, 5.74) is 3.88. The van der Waals surface area contributed by atoms with Crippen LogP contribution in [0.25, 0.3) is 16.5 Å². The molecule has 1 aromatic heterocycles. The van der Waals surface area contributed by atoms with Gasteiger partial charge in [-0.2, -0.15) is 0 Å². The molecule has 47 heavy (non-hydrogen) atoms. The number of hydrogen-bond donors (Lipinski definition) is 1. The van der Waals surface area contributed by atoms with Crippen molar-refractivity contribution in [2.24, 2.45) is 0 Å². The summed E-state index contributed by atoms with van der Waals surface area (Å²) >= 11 is 2.75. The van der Waals surface area contributed by atoms with Gasteiger partial charge in [-0.15, -0.1) is 10.2 Å². The lowest BCUT2D eigenvalue weighted by Crippen LogP contribution is -2.29. The third-order valence-corrected chi connectivity index (χ3v) is 10.3. The van der Waals surface area contributed by atoms with Crippen LogP contribution in [0, 0.1) is 13.8 Å². The number of rotatable bonds is 11. The summed E-state index contributed by atoms with van der Waals surface area (Å²) in [6.45, 7) is 6.38. The molecule has 6 rings (SSSR count). The zero-order valence-electron chi connectivity index (χ0n) is 26.6. The molecule has 0 saturated carbocycles. The van der Waals surface area contributed by atoms with E-state index in [-0.39, 0.29) is 16.5 Å². The number of Topliss-reactive ketones (excluding diaryl/α,β-unsaturated/α-hetero) is 1. The number of amides is 1. The van der Waals surface area contributed by atoms with Gasteiger partial charge < -0.3 is 14.6 Å². The van der Waals surface area contributed by atoms with Crippen LogP contribution < -0.4 is 14.4 Å². The lowest BCUT2D eigenvalue weighted by atomic mass is 9.93. The molecule has 1 saturated heterocycles. The maximum absolute atomic E-state index is 13.8. The number of ether oxygens (including phenoxy) is 2. The van der Waals surface area contributed by atoms with Gasteiger partial charge >= 0.3 is 5.91 Å². The molecule has 0 spiro atoms. The predicted molar refractivity (Wildman–Crippen MR) is 188 cm³/mol. The zero-order valence-corrected chi connectivity index (χ0v) is 28.3. The van der Waals surface area contributed by atoms with Gasteiger partial charge in [0.25, 0.3) is 5.78 Å². The minimum Gasteiger partial charge on any atom is -0.507 e. The summed E-state index contributed by atoms with van der Waals surface area (Å²) in [5.74, 6) is -0.156. The van der Waals surface area contributed by atoms with Gasteiger partial charge in [0.15, 0.2) is 15.8 Å². The molecule has 1 aliphatic heterocycles. The predicted octanol–water partition coefficient (Wildman–Crippen LogP) is 8.41. The number of benzene rings is 4. The number of aryl methyl sites for hydroxylation is 2. The first-order valence-electron chi connectivity index (χ1n) is 15.4. The van der Waals surface area contributed by atoms with Crippen LogP contribution in [0.15, 0.2) is 88.8 Å². The summed E-state index contributed by atoms with van der Waals surface area (Å²) in [7, 11) is 1.54. The van der Waals surface area contributed by atoms with E-state index in [2.05, 4.69) is 41.4 Å². The fraction of sp³-hybridized carbons (Fsp3) is 0.243. The Morgan fingerprint density at radius 3 is 2.60 bits per heavy atom. The van der Waals surface area contributed by atoms with Crippen molar-refractivity contribution >= 4 is 56.5 Å². The fourth-order valence-corrected chi connectivity index (χ4v) is 7.57. The number of anilines is 1. The average Bonchev–Trinajstić information content (AvgIpc) is 3.66. The van der Waals surface area contributed by atoms with Crippen molar-refractivity contribution in [2.45, 2.75) is 49.7 Å². The number of carbonyl (C=O) groups is 2. The molecule has 1 atom stereocenters. The molecule has 5 aromatic rings. The molecule has 4 aromatic carbocycles. The molecule has 1 aliphatic rings. The Morgan fingerprint density at radius 1 is 0.979 bits per heavy atom. The van der Waals surface area contributed by atoms with E-state index in [0.717, 1.165) is 34.9 Å². The smallest absolute Gasteiger partial charge is 0.301 e. The van der Waals surface area contributed by atoms with Gasteiger partial charge in [0.05, 0.1) is 25.3 Å². The number of ketones is 1. The number of nitrogens with zero attached hydrogens (tertiary/aromatic N) is 3. The van der Waals surface area contributed by atoms with Crippen LogP contribution in [0.4, 0.5) is 5.13 Å². The van der Waals surface area contributed by atoms with Crippen molar-refractivity contribution in [2.75, 3.05) is 18.6 Å². The Kier molecular flexibility index (Phi) is 9.60. The Morgan fingerprint density at radius 2 is 1.79 bits per heavy atom. The van der Waals surface area contributed by atoms with Crippen LogP contribution >= 0.6 is 23.1 Å². The zero-order chi connectivity index (χ0) is 33.1. The second-order valence-electron chi connectivity index (χ2n) is 11.4. The van der Waals surface area contributed by atoms with E-state index in [1.165, 1.54) is 33.4 Å². The molecular formula is C37H35N3O5S2. The molecule has 0 aliphatic carbocycles. The van der Waals surface area contributed by atoms with E-state index in [9.17, 15) is 14.7 Å². The lowest BCUT2D eigenvalue weighted by molar-refractivity contribution is -0.132. The monoisotopic (exact) mass is 665 g/mol. The number of carbonyl (C=O) groups excluding carboxylic acids is 2. The molecule has 240 valence electrons. The molecule has 8 nitrogen and oxygen atoms in total. The van der Waals surface area contributed by atoms with Crippen LogP contribution in [0.5, 0.6) is 11.5 Å². The first kappa shape index (κ1) is 32.3. The third-order valence-electron chi connectivity index (χ3n) is 8.18. The molecule has 1 fully saturated rings. The standard InChI is InChI=1S/C37H35N3O5S2/c1-5-6-18-45-29-17-16-25(20-30(29)44-4)32-31(33(41)28-19-22(2)14-15-23(28)3)34(42)35(43)40(32)36-38-39-37(47-36)46-21-26-12-9-11-24-10-7-8-13-27(24)26/h7-17,19-20,32,41H,5-6,18,21H2,1-4H3/b33-31+. The number of aliphatic hydroxyl groups is 1. The molecular weight excluding hydrogens is 631 g/mol. The molecule has 1 N–H and O–H groups in total. The van der Waals surface area contributed by atoms with Crippen LogP contribution in [0.3, 0.4) is 0 Å². The van der Waals surface area contributed by atoms with Gasteiger partial charge in [-0.25, -0.2) is 0 Å². The van der Waals surface area contributed by atoms with E-state index >= 15 is 0 Å². The average molecular weight is 666 g/mol. The fourth-order valence-electron chi connectivity index (χ4n) is 5.70. The van der Waals surface area contributed by atoms with Crippen LogP contribution in [0.2, 0.25) is 0 Å². The Hall–Kier alpha value is -4.67. The van der Waals surface area contributed by atoms with Gasteiger partial charge in [-0.3, -0.25) is 14.5 Å². The van der Waals surface area contributed by atoms with Gasteiger partial charge in [-0.1, -0.05) is 103 Å². The first-order chi connectivity index (χ1) is 22.8. The normalized spacial score (nSPS) is 15.8. The number of methoxy groups -OCH3 is 1. The highest BCUT2D eigenvalue weighted by molar-refractivity contribution is 8.00. The SMILES string of the molecule is CCCCOc1ccc(C2/C(=C(\O)c3cc(C)ccc3C)C(=O)C(=O)N2c2nnc(SCc3cccc4ccccc34)s2)cc1OC. The second-order valence-corrected chi connectivity index (χ2v) is 13.6. The molecule has 2 heterocycles. The number of aliphatic hydroxyl groups excluding tert-OH is 1. The maximum atomic E-state index is 13.8. The summed E-state index contributed by atoms with van der Waals surface area (Å²) in [6, 6.07) is 24.4. The maximum Gasteiger partial charge on any atom is 0.301 e. The van der Waals surface area contributed by atoms with E-state index < -0.39 is 17.7 Å². The summed E-state index contributed by atoms with van der Waals surface area (Å²) < 4.78 is 12.3. The number of aromatic nitrogens is 2. The molecule has 0 bridgehead atoms. The van der Waals surface area contributed by atoms with Gasteiger partial charge in [0.2, 0.25) is 5.13 Å². The van der Waals surface area contributed by atoms with E-state index in [1.807, 2.05) is 50.2 Å². The number of unbranched alkanes of at least 4 members (excludes halogenated alkanes) is 1. The highest BCUT2D eigenvalue weighted by atomic mass is 32.2. The van der Waals surface area contributed by atoms with Gasteiger partial charge in [0.1, 0.15) is 5.76 Å². The molecule has 10 heteroatoms. The van der Waals surface area contributed by atoms with Crippen molar-refractivity contribution in [3.05, 3.63) is 112 Å². The topological polar surface area (TPSA) is 102 Å². The molecule has 1 unspecified atom stereocenters. The highest BCUT2D eigenvalue weighted by Gasteiger charge is 2.48. The van der Waals surface area contributed by atoms with Crippen molar-refractivity contribution in [1.29, 1.82) is 0 Å².